The molecule has 2 aliphatic rings. The van der Waals surface area contributed by atoms with Crippen LogP contribution in [0.4, 0.5) is 0 Å². The Labute approximate surface area is 161 Å². The van der Waals surface area contributed by atoms with Crippen LogP contribution in [0.2, 0.25) is 0 Å². The number of aromatic nitrogens is 2. The molecule has 1 aromatic carbocycles. The Morgan fingerprint density at radius 3 is 2.11 bits per heavy atom. The van der Waals surface area contributed by atoms with Gasteiger partial charge in [-0.3, -0.25) is 9.69 Å². The van der Waals surface area contributed by atoms with Gasteiger partial charge in [0.25, 0.3) is 5.91 Å². The van der Waals surface area contributed by atoms with E-state index in [0.717, 1.165) is 61.7 Å². The number of benzene rings is 1. The van der Waals surface area contributed by atoms with Crippen LogP contribution in [0.5, 0.6) is 0 Å². The first-order valence-electron chi connectivity index (χ1n) is 10.1. The Hall–Kier alpha value is -2.05. The Morgan fingerprint density at radius 2 is 1.44 bits per heavy atom. The van der Waals surface area contributed by atoms with Crippen LogP contribution < -0.4 is 0 Å². The lowest BCUT2D eigenvalue weighted by atomic mass is 10.1. The van der Waals surface area contributed by atoms with Crippen LogP contribution in [-0.4, -0.2) is 82.9 Å². The van der Waals surface area contributed by atoms with Gasteiger partial charge in [-0.05, 0) is 58.0 Å². The van der Waals surface area contributed by atoms with Gasteiger partial charge in [0.1, 0.15) is 0 Å². The summed E-state index contributed by atoms with van der Waals surface area (Å²) in [5.41, 5.74) is 4.21. The topological polar surface area (TPSA) is 52.6 Å². The fourth-order valence-electron chi connectivity index (χ4n) is 4.01. The zero-order chi connectivity index (χ0) is 18.8. The minimum Gasteiger partial charge on any atom is -0.336 e. The van der Waals surface area contributed by atoms with Gasteiger partial charge in [0.2, 0.25) is 0 Å². The van der Waals surface area contributed by atoms with Crippen molar-refractivity contribution in [3.8, 4) is 0 Å². The highest BCUT2D eigenvalue weighted by Gasteiger charge is 2.23. The molecular weight excluding hydrogens is 338 g/mol. The minimum atomic E-state index is 0.108. The van der Waals surface area contributed by atoms with Crippen molar-refractivity contribution in [3.63, 3.8) is 0 Å². The molecule has 0 N–H and O–H groups in total. The Bertz CT molecular complexity index is 823. The second kappa shape index (κ2) is 7.90. The number of hydrogen-bond donors (Lipinski definition) is 0. The summed E-state index contributed by atoms with van der Waals surface area (Å²) in [6.45, 7) is 12.2. The van der Waals surface area contributed by atoms with E-state index in [2.05, 4.69) is 19.8 Å². The SMILES string of the molecule is Cc1nc2ccc(C(=O)N3CCN(CCN4CCCC4)CC3)cc2nc1C. The third kappa shape index (κ3) is 4.12. The van der Waals surface area contributed by atoms with E-state index >= 15 is 0 Å². The molecule has 0 unspecified atom stereocenters. The van der Waals surface area contributed by atoms with E-state index < -0.39 is 0 Å². The predicted octanol–water partition coefficient (Wildman–Crippen LogP) is 2.10. The fourth-order valence-corrected chi connectivity index (χ4v) is 4.01. The number of carbonyl (C=O) groups is 1. The smallest absolute Gasteiger partial charge is 0.254 e. The number of fused-ring (bicyclic) bond motifs is 1. The van der Waals surface area contributed by atoms with Crippen LogP contribution in [0.1, 0.15) is 34.6 Å². The number of amides is 1. The molecule has 1 amide bonds. The van der Waals surface area contributed by atoms with Crippen LogP contribution in [0.3, 0.4) is 0 Å². The van der Waals surface area contributed by atoms with Gasteiger partial charge < -0.3 is 9.80 Å². The molecule has 0 spiro atoms. The number of likely N-dealkylation sites (tertiary alicyclic amines) is 1. The summed E-state index contributed by atoms with van der Waals surface area (Å²) < 4.78 is 0. The van der Waals surface area contributed by atoms with E-state index in [-0.39, 0.29) is 5.91 Å². The zero-order valence-corrected chi connectivity index (χ0v) is 16.4. The summed E-state index contributed by atoms with van der Waals surface area (Å²) >= 11 is 0. The normalized spacial score (nSPS) is 19.1. The summed E-state index contributed by atoms with van der Waals surface area (Å²) in [4.78, 5) is 29.1. The highest BCUT2D eigenvalue weighted by molar-refractivity contribution is 5.97. The quantitative estimate of drug-likeness (QED) is 0.828. The molecule has 3 heterocycles. The fraction of sp³-hybridized carbons (Fsp3) is 0.571. The van der Waals surface area contributed by atoms with Crippen molar-refractivity contribution >= 4 is 16.9 Å². The molecule has 27 heavy (non-hydrogen) atoms. The average molecular weight is 367 g/mol. The highest BCUT2D eigenvalue weighted by atomic mass is 16.2. The second-order valence-electron chi connectivity index (χ2n) is 7.78. The van der Waals surface area contributed by atoms with Crippen molar-refractivity contribution in [2.75, 3.05) is 52.4 Å². The molecule has 2 aliphatic heterocycles. The zero-order valence-electron chi connectivity index (χ0n) is 16.4. The number of piperazine rings is 1. The average Bonchev–Trinajstić information content (AvgIpc) is 3.20. The molecular formula is C21H29N5O. The maximum absolute atomic E-state index is 12.9. The van der Waals surface area contributed by atoms with E-state index in [0.29, 0.717) is 5.56 Å². The maximum atomic E-state index is 12.9. The summed E-state index contributed by atoms with van der Waals surface area (Å²) in [6, 6.07) is 5.68. The Kier molecular flexibility index (Phi) is 5.36. The summed E-state index contributed by atoms with van der Waals surface area (Å²) in [6.07, 6.45) is 2.69. The largest absolute Gasteiger partial charge is 0.336 e. The predicted molar refractivity (Wildman–Crippen MR) is 107 cm³/mol. The van der Waals surface area contributed by atoms with E-state index in [1.54, 1.807) is 0 Å². The lowest BCUT2D eigenvalue weighted by Gasteiger charge is -2.35. The molecule has 6 heteroatoms. The van der Waals surface area contributed by atoms with Crippen molar-refractivity contribution in [2.24, 2.45) is 0 Å². The molecule has 0 atom stereocenters. The van der Waals surface area contributed by atoms with Crippen LogP contribution >= 0.6 is 0 Å². The van der Waals surface area contributed by atoms with Gasteiger partial charge >= 0.3 is 0 Å². The van der Waals surface area contributed by atoms with Gasteiger partial charge in [0, 0.05) is 44.8 Å². The molecule has 0 radical (unpaired) electrons. The molecule has 2 saturated heterocycles. The van der Waals surface area contributed by atoms with Gasteiger partial charge in [-0.15, -0.1) is 0 Å². The lowest BCUT2D eigenvalue weighted by Crippen LogP contribution is -2.50. The lowest BCUT2D eigenvalue weighted by molar-refractivity contribution is 0.0627. The Balaban J connectivity index is 1.36. The molecule has 0 saturated carbocycles. The second-order valence-corrected chi connectivity index (χ2v) is 7.78. The molecule has 4 rings (SSSR count). The van der Waals surface area contributed by atoms with Gasteiger partial charge in [-0.1, -0.05) is 0 Å². The van der Waals surface area contributed by atoms with Gasteiger partial charge in [0.15, 0.2) is 0 Å². The van der Waals surface area contributed by atoms with Crippen LogP contribution in [0.15, 0.2) is 18.2 Å². The van der Waals surface area contributed by atoms with Gasteiger partial charge in [0.05, 0.1) is 22.4 Å². The van der Waals surface area contributed by atoms with Crippen LogP contribution in [0.25, 0.3) is 11.0 Å². The van der Waals surface area contributed by atoms with Crippen LogP contribution in [-0.2, 0) is 0 Å². The molecule has 2 fully saturated rings. The first kappa shape index (κ1) is 18.3. The van der Waals surface area contributed by atoms with Crippen LogP contribution in [0, 0.1) is 13.8 Å². The third-order valence-corrected chi connectivity index (χ3v) is 5.91. The highest BCUT2D eigenvalue weighted by Crippen LogP contribution is 2.17. The van der Waals surface area contributed by atoms with Crippen molar-refractivity contribution in [1.82, 2.24) is 24.7 Å². The van der Waals surface area contributed by atoms with E-state index in [1.807, 2.05) is 36.9 Å². The van der Waals surface area contributed by atoms with E-state index in [4.69, 9.17) is 0 Å². The van der Waals surface area contributed by atoms with Gasteiger partial charge in [-0.2, -0.15) is 0 Å². The monoisotopic (exact) mass is 367 g/mol. The number of rotatable bonds is 4. The maximum Gasteiger partial charge on any atom is 0.254 e. The molecule has 144 valence electrons. The number of hydrogen-bond acceptors (Lipinski definition) is 5. The molecule has 0 bridgehead atoms. The van der Waals surface area contributed by atoms with E-state index in [1.165, 1.54) is 25.9 Å². The summed E-state index contributed by atoms with van der Waals surface area (Å²) in [7, 11) is 0. The molecule has 0 aliphatic carbocycles. The Morgan fingerprint density at radius 1 is 0.852 bits per heavy atom. The number of nitrogens with zero attached hydrogens (tertiary/aromatic N) is 5. The standard InChI is InChI=1S/C21H29N5O/c1-16-17(2)23-20-15-18(5-6-19(20)22-16)21(27)26-13-11-25(12-14-26)10-9-24-7-3-4-8-24/h5-6,15H,3-4,7-14H2,1-2H3. The van der Waals surface area contributed by atoms with Crippen molar-refractivity contribution in [1.29, 1.82) is 0 Å². The first-order valence-corrected chi connectivity index (χ1v) is 10.1. The number of aryl methyl sites for hydroxylation is 2. The third-order valence-electron chi connectivity index (χ3n) is 5.91. The van der Waals surface area contributed by atoms with Crippen molar-refractivity contribution in [3.05, 3.63) is 35.2 Å². The van der Waals surface area contributed by atoms with E-state index in [9.17, 15) is 4.79 Å². The first-order chi connectivity index (χ1) is 13.1. The molecule has 6 nitrogen and oxygen atoms in total. The molecule has 1 aromatic heterocycles. The summed E-state index contributed by atoms with van der Waals surface area (Å²) in [5.74, 6) is 0.108. The van der Waals surface area contributed by atoms with Crippen molar-refractivity contribution < 1.29 is 4.79 Å². The molecule has 2 aromatic rings. The summed E-state index contributed by atoms with van der Waals surface area (Å²) in [5, 5.41) is 0. The minimum absolute atomic E-state index is 0.108. The van der Waals surface area contributed by atoms with Gasteiger partial charge in [-0.25, -0.2) is 9.97 Å². The van der Waals surface area contributed by atoms with Crippen molar-refractivity contribution in [2.45, 2.75) is 26.7 Å². The number of carbonyl (C=O) groups excluding carboxylic acids is 1.